The molecule has 0 fully saturated rings. The molecule has 0 aliphatic rings. The number of fused-ring (bicyclic) bond motifs is 1. The smallest absolute Gasteiger partial charge is 0.423 e. The molecular weight excluding hydrogens is 197 g/mol. The Bertz CT molecular complexity index is 515. The van der Waals surface area contributed by atoms with Crippen LogP contribution in [0.5, 0.6) is 0 Å². The summed E-state index contributed by atoms with van der Waals surface area (Å²) >= 11 is 1.40. The summed E-state index contributed by atoms with van der Waals surface area (Å²) in [5.41, 5.74) is 1.08. The van der Waals surface area contributed by atoms with E-state index in [-0.39, 0.29) is 0 Å². The number of nitriles is 1. The highest BCUT2D eigenvalue weighted by Gasteiger charge is 2.16. The molecule has 0 radical (unpaired) electrons. The van der Waals surface area contributed by atoms with Gasteiger partial charge >= 0.3 is 7.12 Å². The van der Waals surface area contributed by atoms with Crippen LogP contribution in [0.4, 0.5) is 0 Å². The second-order valence-corrected chi connectivity index (χ2v) is 3.80. The van der Waals surface area contributed by atoms with E-state index in [9.17, 15) is 0 Å². The lowest BCUT2D eigenvalue weighted by molar-refractivity contribution is 0.426. The zero-order valence-electron chi connectivity index (χ0n) is 7.14. The quantitative estimate of drug-likeness (QED) is 0.661. The fraction of sp³-hybridized carbons (Fsp3) is 0. The summed E-state index contributed by atoms with van der Waals surface area (Å²) in [6.07, 6.45) is 0. The lowest BCUT2D eigenvalue weighted by atomic mass is 9.80. The van der Waals surface area contributed by atoms with Gasteiger partial charge in [0.1, 0.15) is 0 Å². The summed E-state index contributed by atoms with van der Waals surface area (Å²) in [6.45, 7) is 0. The Kier molecular flexibility index (Phi) is 2.26. The van der Waals surface area contributed by atoms with Crippen molar-refractivity contribution in [2.75, 3.05) is 0 Å². The van der Waals surface area contributed by atoms with E-state index >= 15 is 0 Å². The number of benzene rings is 1. The molecule has 1 heterocycles. The first kappa shape index (κ1) is 9.22. The molecule has 0 aliphatic carbocycles. The number of thiophene rings is 1. The Morgan fingerprint density at radius 1 is 1.36 bits per heavy atom. The molecule has 1 aromatic heterocycles. The Hall–Kier alpha value is -1.35. The molecule has 2 N–H and O–H groups in total. The summed E-state index contributed by atoms with van der Waals surface area (Å²) in [6, 6.07) is 7.18. The normalized spacial score (nSPS) is 10.1. The zero-order chi connectivity index (χ0) is 10.1. The molecule has 2 aromatic rings. The Morgan fingerprint density at radius 3 is 2.79 bits per heavy atom. The molecule has 68 valence electrons. The Labute approximate surface area is 85.0 Å². The minimum atomic E-state index is -1.45. The fourth-order valence-corrected chi connectivity index (χ4v) is 2.33. The first-order valence-corrected chi connectivity index (χ1v) is 4.87. The van der Waals surface area contributed by atoms with Crippen molar-refractivity contribution in [1.29, 1.82) is 5.26 Å². The van der Waals surface area contributed by atoms with Gasteiger partial charge < -0.3 is 10.0 Å². The van der Waals surface area contributed by atoms with E-state index in [1.165, 1.54) is 11.3 Å². The van der Waals surface area contributed by atoms with Gasteiger partial charge in [-0.3, -0.25) is 0 Å². The molecule has 0 aliphatic heterocycles. The van der Waals surface area contributed by atoms with Gasteiger partial charge in [0, 0.05) is 10.2 Å². The van der Waals surface area contributed by atoms with Gasteiger partial charge in [-0.15, -0.1) is 11.3 Å². The molecule has 0 saturated heterocycles. The molecule has 3 nitrogen and oxygen atoms in total. The van der Waals surface area contributed by atoms with Crippen LogP contribution in [-0.4, -0.2) is 17.2 Å². The van der Waals surface area contributed by atoms with E-state index in [4.69, 9.17) is 15.3 Å². The average molecular weight is 203 g/mol. The summed E-state index contributed by atoms with van der Waals surface area (Å²) in [4.78, 5) is 0. The van der Waals surface area contributed by atoms with Crippen LogP contribution < -0.4 is 5.46 Å². The van der Waals surface area contributed by atoms with Crippen LogP contribution in [0.15, 0.2) is 23.6 Å². The van der Waals surface area contributed by atoms with Crippen molar-refractivity contribution in [3.63, 3.8) is 0 Å². The monoisotopic (exact) mass is 203 g/mol. The van der Waals surface area contributed by atoms with E-state index in [0.717, 1.165) is 10.1 Å². The van der Waals surface area contributed by atoms with E-state index in [2.05, 4.69) is 0 Å². The van der Waals surface area contributed by atoms with Crippen molar-refractivity contribution < 1.29 is 10.0 Å². The molecule has 0 amide bonds. The summed E-state index contributed by atoms with van der Waals surface area (Å²) in [5.74, 6) is 0. The van der Waals surface area contributed by atoms with Crippen LogP contribution >= 0.6 is 11.3 Å². The minimum Gasteiger partial charge on any atom is -0.423 e. The standard InChI is InChI=1S/C9H6BNO2S/c11-4-6-1-2-7-8(10(12)13)5-14-9(7)3-6/h1-3,5,12-13H. The maximum Gasteiger partial charge on any atom is 0.489 e. The van der Waals surface area contributed by atoms with Crippen LogP contribution in [0.1, 0.15) is 5.56 Å². The summed E-state index contributed by atoms with van der Waals surface area (Å²) < 4.78 is 0.896. The molecule has 0 saturated carbocycles. The van der Waals surface area contributed by atoms with Crippen molar-refractivity contribution in [3.8, 4) is 6.07 Å². The molecule has 0 bridgehead atoms. The van der Waals surface area contributed by atoms with Gasteiger partial charge in [0.25, 0.3) is 0 Å². The van der Waals surface area contributed by atoms with Gasteiger partial charge in [0.05, 0.1) is 11.6 Å². The summed E-state index contributed by atoms with van der Waals surface area (Å²) in [7, 11) is -1.45. The molecule has 0 unspecified atom stereocenters. The van der Waals surface area contributed by atoms with Crippen molar-refractivity contribution in [1.82, 2.24) is 0 Å². The highest BCUT2D eigenvalue weighted by molar-refractivity contribution is 7.18. The molecule has 14 heavy (non-hydrogen) atoms. The van der Waals surface area contributed by atoms with E-state index in [1.54, 1.807) is 23.6 Å². The number of rotatable bonds is 1. The average Bonchev–Trinajstić information content (AvgIpc) is 2.59. The van der Waals surface area contributed by atoms with Gasteiger partial charge in [-0.2, -0.15) is 5.26 Å². The Morgan fingerprint density at radius 2 is 2.14 bits per heavy atom. The third-order valence-electron chi connectivity index (χ3n) is 2.01. The van der Waals surface area contributed by atoms with Crippen LogP contribution in [0.2, 0.25) is 0 Å². The van der Waals surface area contributed by atoms with Crippen LogP contribution in [-0.2, 0) is 0 Å². The van der Waals surface area contributed by atoms with Gasteiger partial charge in [-0.05, 0) is 22.9 Å². The topological polar surface area (TPSA) is 64.2 Å². The Balaban J connectivity index is 2.67. The van der Waals surface area contributed by atoms with Crippen molar-refractivity contribution in [2.24, 2.45) is 0 Å². The number of hydrogen-bond acceptors (Lipinski definition) is 4. The summed E-state index contributed by atoms with van der Waals surface area (Å²) in [5, 5.41) is 29.2. The van der Waals surface area contributed by atoms with Crippen molar-refractivity contribution in [3.05, 3.63) is 29.1 Å². The second kappa shape index (κ2) is 3.43. The van der Waals surface area contributed by atoms with Gasteiger partial charge in [0.15, 0.2) is 0 Å². The van der Waals surface area contributed by atoms with E-state index in [0.29, 0.717) is 11.0 Å². The lowest BCUT2D eigenvalue weighted by Gasteiger charge is -1.96. The predicted octanol–water partition coefficient (Wildman–Crippen LogP) is 0.453. The third-order valence-corrected chi connectivity index (χ3v) is 2.98. The minimum absolute atomic E-state index is 0.495. The van der Waals surface area contributed by atoms with Crippen LogP contribution in [0, 0.1) is 11.3 Å². The fourth-order valence-electron chi connectivity index (χ4n) is 1.32. The molecule has 0 atom stereocenters. The van der Waals surface area contributed by atoms with Gasteiger partial charge in [-0.1, -0.05) is 6.07 Å². The molecule has 5 heteroatoms. The highest BCUT2D eigenvalue weighted by Crippen LogP contribution is 2.20. The van der Waals surface area contributed by atoms with Gasteiger partial charge in [0.2, 0.25) is 0 Å². The first-order valence-electron chi connectivity index (χ1n) is 4.00. The lowest BCUT2D eigenvalue weighted by Crippen LogP contribution is -2.28. The maximum absolute atomic E-state index is 9.03. The second-order valence-electron chi connectivity index (χ2n) is 2.89. The predicted molar refractivity (Wildman–Crippen MR) is 56.4 cm³/mol. The molecule has 1 aromatic carbocycles. The molecule has 0 spiro atoms. The van der Waals surface area contributed by atoms with Gasteiger partial charge in [-0.25, -0.2) is 0 Å². The highest BCUT2D eigenvalue weighted by atomic mass is 32.1. The number of nitrogens with zero attached hydrogens (tertiary/aromatic N) is 1. The van der Waals surface area contributed by atoms with Crippen molar-refractivity contribution >= 4 is 34.0 Å². The van der Waals surface area contributed by atoms with Crippen LogP contribution in [0.25, 0.3) is 10.1 Å². The van der Waals surface area contributed by atoms with Crippen LogP contribution in [0.3, 0.4) is 0 Å². The first-order chi connectivity index (χ1) is 6.72. The largest absolute Gasteiger partial charge is 0.489 e. The van der Waals surface area contributed by atoms with E-state index < -0.39 is 7.12 Å². The maximum atomic E-state index is 9.03. The van der Waals surface area contributed by atoms with E-state index in [1.807, 2.05) is 6.07 Å². The SMILES string of the molecule is N#Cc1ccc2c(B(O)O)csc2c1. The zero-order valence-corrected chi connectivity index (χ0v) is 7.95. The molecular formula is C9H6BNO2S. The number of hydrogen-bond donors (Lipinski definition) is 2. The van der Waals surface area contributed by atoms with Crippen molar-refractivity contribution in [2.45, 2.75) is 0 Å². The molecule has 2 rings (SSSR count). The third kappa shape index (κ3) is 1.40.